The van der Waals surface area contributed by atoms with Crippen LogP contribution in [-0.4, -0.2) is 28.6 Å². The quantitative estimate of drug-likeness (QED) is 0.0944. The van der Waals surface area contributed by atoms with Crippen LogP contribution in [0.3, 0.4) is 0 Å². The monoisotopic (exact) mass is 1590 g/mol. The van der Waals surface area contributed by atoms with Crippen molar-refractivity contribution in [2.24, 2.45) is 0 Å². The first-order chi connectivity index (χ1) is 45.0. The Hall–Kier alpha value is -6.79. The van der Waals surface area contributed by atoms with Gasteiger partial charge in [-0.3, -0.25) is 4.57 Å². The summed E-state index contributed by atoms with van der Waals surface area (Å²) in [6.07, 6.45) is 0. The third kappa shape index (κ3) is 21.6. The van der Waals surface area contributed by atoms with Crippen LogP contribution in [0.5, 0.6) is 46.0 Å². The van der Waals surface area contributed by atoms with Crippen LogP contribution in [0.4, 0.5) is 0 Å². The topological polar surface area (TPSA) is 158 Å². The highest BCUT2D eigenvalue weighted by atomic mass is 79.9. The van der Waals surface area contributed by atoms with E-state index in [2.05, 4.69) is 142 Å². The van der Waals surface area contributed by atoms with Gasteiger partial charge in [-0.15, -0.1) is 0 Å². The summed E-state index contributed by atoms with van der Waals surface area (Å²) < 4.78 is 70.4. The molecule has 11 rings (SSSR count). The average Bonchev–Trinajstić information content (AvgIpc) is 0.745. The summed E-state index contributed by atoms with van der Waals surface area (Å²) >= 11 is 14.0. The van der Waals surface area contributed by atoms with Crippen LogP contribution in [0.15, 0.2) is 242 Å². The molecule has 1 aliphatic rings. The van der Waals surface area contributed by atoms with Gasteiger partial charge in [-0.05, 0) is 189 Å². The Morgan fingerprint density at radius 2 is 0.779 bits per heavy atom. The zero-order chi connectivity index (χ0) is 70.5. The Bertz CT molecular complexity index is 4030. The Morgan fingerprint density at radius 1 is 0.400 bits per heavy atom. The molecule has 10 aromatic carbocycles. The molecule has 0 saturated carbocycles. The molecule has 0 spiro atoms. The van der Waals surface area contributed by atoms with Gasteiger partial charge in [0.15, 0.2) is 0 Å². The molecule has 11 nitrogen and oxygen atoms in total. The normalized spacial score (nSPS) is 13.8. The largest absolute Gasteiger partial charge is 0.508 e. The van der Waals surface area contributed by atoms with Crippen molar-refractivity contribution in [3.63, 3.8) is 0 Å². The molecule has 3 N–H and O–H groups in total. The van der Waals surface area contributed by atoms with Gasteiger partial charge in [0.05, 0.1) is 32.9 Å². The predicted octanol–water partition coefficient (Wildman–Crippen LogP) is 24.4. The lowest BCUT2D eigenvalue weighted by atomic mass is 9.78. The highest BCUT2D eigenvalue weighted by molar-refractivity contribution is 9.11. The van der Waals surface area contributed by atoms with Crippen LogP contribution in [0.1, 0.15) is 108 Å². The third-order valence-corrected chi connectivity index (χ3v) is 22.1. The minimum atomic E-state index is -3.42. The Kier molecular flexibility index (Phi) is 29.9. The van der Waals surface area contributed by atoms with E-state index < -0.39 is 22.6 Å². The van der Waals surface area contributed by atoms with Crippen molar-refractivity contribution >= 4 is 96.9 Å². The molecule has 502 valence electrons. The lowest BCUT2D eigenvalue weighted by Crippen LogP contribution is -2.25. The van der Waals surface area contributed by atoms with Crippen molar-refractivity contribution in [2.75, 3.05) is 13.3 Å². The number of phenolic OH excluding ortho intramolecular Hbond substituents is 3. The third-order valence-electron chi connectivity index (χ3n) is 14.6. The molecule has 0 aliphatic carbocycles. The lowest BCUT2D eigenvalue weighted by Gasteiger charge is -2.29. The number of halogens is 4. The highest BCUT2D eigenvalue weighted by Crippen LogP contribution is 2.55. The van der Waals surface area contributed by atoms with Crippen molar-refractivity contribution in [3.05, 3.63) is 281 Å². The molecule has 0 fully saturated rings. The van der Waals surface area contributed by atoms with Crippen LogP contribution >= 0.6 is 86.3 Å². The van der Waals surface area contributed by atoms with Gasteiger partial charge in [0.1, 0.15) is 46.0 Å². The number of benzene rings is 10. The molecule has 0 radical (unpaired) electrons. The van der Waals surface area contributed by atoms with Gasteiger partial charge in [0.25, 0.3) is 0 Å². The Morgan fingerprint density at radius 3 is 1.26 bits per heavy atom. The molecule has 3 atom stereocenters. The van der Waals surface area contributed by atoms with Gasteiger partial charge in [0, 0.05) is 31.4 Å². The van der Waals surface area contributed by atoms with Gasteiger partial charge in [-0.2, -0.15) is 0 Å². The van der Waals surface area contributed by atoms with Gasteiger partial charge < -0.3 is 37.9 Å². The molecule has 0 aromatic heterocycles. The summed E-state index contributed by atoms with van der Waals surface area (Å²) in [5.74, 6) is 2.51. The first kappa shape index (κ1) is 78.9. The zero-order valence-corrected chi connectivity index (χ0v) is 65.4. The van der Waals surface area contributed by atoms with Crippen LogP contribution in [0.25, 0.3) is 11.1 Å². The average molecular weight is 1600 g/mol. The SMILES string of the molecule is CC.CC.CC.CP(=O)(Oc1ccccc1)Oc1cccc(OP(C)(=O)Oc2ccccc2)c1.Cc1c(Br)cc(C(C)(C)c2cc(Br)c(O)c(Br)c2)cc1Br.Cc1ccc(C(C)(C)c2ccc(O)cc2)cc1.Cc1ccc(O)c(P2(=O)Oc3ccccc3-c3ccccc32)c1. The summed E-state index contributed by atoms with van der Waals surface area (Å²) in [6, 6.07) is 68.3. The van der Waals surface area contributed by atoms with Gasteiger partial charge in [-0.25, -0.2) is 9.13 Å². The van der Waals surface area contributed by atoms with Crippen LogP contribution in [0, 0.1) is 20.8 Å². The standard InChI is InChI=1S/C20H20O6P2.C19H15O3P.C16H14Br4O.C16H18O.3C2H6/c1-27(21,23-17-10-5-3-6-11-17)25-19-14-9-15-20(16-19)26-28(2,22)24-18-12-7-4-8-13-18;1-13-10-11-16(20)19(12-13)23(21)18-9-5-3-7-15(18)14-6-2-4-8-17(14)22-23;1-8-11(17)4-9(5-12(8)18)16(2,3)10-6-13(19)15(21)14(20)7-10;1-12-4-6-13(7-5-12)16(2,3)14-8-10-15(17)11-9-14;3*1-2/h3-16H,1-2H3;2-12,20H,1H3;4-7,21H,1-3H3;4-11,17H,1-3H3;3*1-2H3. The van der Waals surface area contributed by atoms with E-state index >= 15 is 0 Å². The van der Waals surface area contributed by atoms with E-state index in [1.807, 2.05) is 133 Å². The van der Waals surface area contributed by atoms with Crippen molar-refractivity contribution in [2.45, 2.75) is 101 Å². The number of para-hydroxylation sites is 3. The van der Waals surface area contributed by atoms with Crippen LogP contribution in [0.2, 0.25) is 0 Å². The number of rotatable bonds is 13. The second-order valence-corrected chi connectivity index (χ2v) is 31.7. The predicted molar refractivity (Wildman–Crippen MR) is 409 cm³/mol. The maximum Gasteiger partial charge on any atom is 0.427 e. The van der Waals surface area contributed by atoms with E-state index in [0.29, 0.717) is 42.6 Å². The molecule has 0 bridgehead atoms. The summed E-state index contributed by atoms with van der Waals surface area (Å²) in [5.41, 5.74) is 9.75. The van der Waals surface area contributed by atoms with Crippen molar-refractivity contribution in [1.82, 2.24) is 0 Å². The lowest BCUT2D eigenvalue weighted by molar-refractivity contribution is 0.387. The molecule has 18 heteroatoms. The molecular formula is C77H85Br4O11P3. The van der Waals surface area contributed by atoms with E-state index in [1.165, 1.54) is 47.2 Å². The molecule has 0 saturated heterocycles. The molecule has 1 aliphatic heterocycles. The first-order valence-electron chi connectivity index (χ1n) is 31.0. The number of aromatic hydroxyl groups is 3. The van der Waals surface area contributed by atoms with Gasteiger partial charge in [0.2, 0.25) is 0 Å². The number of hydrogen-bond donors (Lipinski definition) is 3. The number of hydrogen-bond acceptors (Lipinski definition) is 11. The second kappa shape index (κ2) is 36.0. The molecular weight excluding hydrogens is 1510 g/mol. The van der Waals surface area contributed by atoms with E-state index in [0.717, 1.165) is 31.2 Å². The Labute approximate surface area is 596 Å². The summed E-state index contributed by atoms with van der Waals surface area (Å²) in [4.78, 5) is 0. The number of phenols is 3. The fourth-order valence-corrected chi connectivity index (χ4v) is 16.3. The number of aryl methyl sites for hydroxylation is 2. The second-order valence-electron chi connectivity index (χ2n) is 22.2. The maximum atomic E-state index is 13.8. The van der Waals surface area contributed by atoms with E-state index in [9.17, 15) is 29.0 Å². The summed E-state index contributed by atoms with van der Waals surface area (Å²) in [6.45, 7) is 29.5. The molecule has 0 amide bonds. The summed E-state index contributed by atoms with van der Waals surface area (Å²) in [5, 5.41) is 30.5. The fraction of sp³-hybridized carbons (Fsp3) is 0.221. The molecule has 95 heavy (non-hydrogen) atoms. The van der Waals surface area contributed by atoms with E-state index in [4.69, 9.17) is 22.6 Å². The highest BCUT2D eigenvalue weighted by Gasteiger charge is 2.40. The van der Waals surface area contributed by atoms with Crippen molar-refractivity contribution < 1.29 is 51.6 Å². The molecule has 10 aromatic rings. The minimum Gasteiger partial charge on any atom is -0.508 e. The zero-order valence-electron chi connectivity index (χ0n) is 56.3. The van der Waals surface area contributed by atoms with Gasteiger partial charge >= 0.3 is 22.6 Å². The van der Waals surface area contributed by atoms with Crippen LogP contribution < -0.4 is 33.2 Å². The van der Waals surface area contributed by atoms with E-state index in [-0.39, 0.29) is 33.8 Å². The fourth-order valence-electron chi connectivity index (χ4n) is 9.43. The molecule has 1 heterocycles. The first-order valence-corrected chi connectivity index (χ1v) is 39.8. The summed E-state index contributed by atoms with van der Waals surface area (Å²) in [7, 11) is -10.2. The molecule has 3 unspecified atom stereocenters. The van der Waals surface area contributed by atoms with Crippen molar-refractivity contribution in [1.29, 1.82) is 0 Å². The minimum absolute atomic E-state index is 0.00637. The van der Waals surface area contributed by atoms with Crippen molar-refractivity contribution in [3.8, 4) is 57.1 Å². The smallest absolute Gasteiger partial charge is 0.427 e. The number of fused-ring (bicyclic) bond motifs is 3. The van der Waals surface area contributed by atoms with Crippen LogP contribution in [-0.2, 0) is 24.5 Å². The Balaban J connectivity index is 0.000000226. The maximum absolute atomic E-state index is 13.8. The van der Waals surface area contributed by atoms with E-state index in [1.54, 1.807) is 97.1 Å². The van der Waals surface area contributed by atoms with Gasteiger partial charge in [-0.1, -0.05) is 228 Å².